The number of β-lactam (4-membered cyclic amide) rings is 1. The van der Waals surface area contributed by atoms with Crippen molar-refractivity contribution in [2.75, 3.05) is 0 Å². The van der Waals surface area contributed by atoms with E-state index in [2.05, 4.69) is 9.50 Å². The SMILES string of the molecule is CC(=O)N/C=C/SC1=C(C(=O)O)N2C(=O)[C@@H]([C@H](C)OS(=O)(=O)O)[C@H]2C1. The quantitative estimate of drug-likeness (QED) is 0.403. The van der Waals surface area contributed by atoms with Crippen molar-refractivity contribution in [2.24, 2.45) is 5.92 Å². The first-order valence-corrected chi connectivity index (χ1v) is 9.31. The molecule has 138 valence electrons. The molecule has 2 heterocycles. The van der Waals surface area contributed by atoms with Crippen LogP contribution in [0.2, 0.25) is 0 Å². The van der Waals surface area contributed by atoms with Crippen molar-refractivity contribution in [3.63, 3.8) is 0 Å². The summed E-state index contributed by atoms with van der Waals surface area (Å²) in [7, 11) is -4.72. The smallest absolute Gasteiger partial charge is 0.397 e. The molecular formula is C13H16N2O8S2. The lowest BCUT2D eigenvalue weighted by Crippen LogP contribution is -2.62. The fourth-order valence-electron chi connectivity index (χ4n) is 2.84. The van der Waals surface area contributed by atoms with Crippen molar-refractivity contribution in [2.45, 2.75) is 32.4 Å². The summed E-state index contributed by atoms with van der Waals surface area (Å²) in [5.74, 6) is -3.03. The number of carbonyl (C=O) groups is 3. The number of nitrogens with one attached hydrogen (secondary N) is 1. The average Bonchev–Trinajstić information content (AvgIpc) is 2.76. The number of aliphatic carboxylic acids is 1. The highest BCUT2D eigenvalue weighted by Crippen LogP contribution is 2.47. The molecule has 25 heavy (non-hydrogen) atoms. The number of fused-ring (bicyclic) bond motifs is 1. The van der Waals surface area contributed by atoms with Crippen LogP contribution in [0.1, 0.15) is 20.3 Å². The maximum atomic E-state index is 12.2. The Labute approximate surface area is 147 Å². The van der Waals surface area contributed by atoms with Gasteiger partial charge in [0.2, 0.25) is 11.8 Å². The number of thioether (sulfide) groups is 1. The summed E-state index contributed by atoms with van der Waals surface area (Å²) in [6, 6.07) is -0.563. The summed E-state index contributed by atoms with van der Waals surface area (Å²) in [4.78, 5) is 36.0. The first-order valence-electron chi connectivity index (χ1n) is 7.07. The fraction of sp³-hybridized carbons (Fsp3) is 0.462. The maximum Gasteiger partial charge on any atom is 0.397 e. The lowest BCUT2D eigenvalue weighted by molar-refractivity contribution is -0.160. The Morgan fingerprint density at radius 1 is 1.48 bits per heavy atom. The monoisotopic (exact) mass is 392 g/mol. The van der Waals surface area contributed by atoms with Crippen LogP contribution in [-0.4, -0.2) is 52.9 Å². The van der Waals surface area contributed by atoms with E-state index in [0.29, 0.717) is 4.91 Å². The molecular weight excluding hydrogens is 376 g/mol. The number of hydrogen-bond donors (Lipinski definition) is 3. The number of carboxylic acid groups (broad SMARTS) is 1. The van der Waals surface area contributed by atoms with Crippen LogP contribution in [-0.2, 0) is 29.0 Å². The van der Waals surface area contributed by atoms with E-state index < -0.39 is 40.3 Å². The highest BCUT2D eigenvalue weighted by molar-refractivity contribution is 8.05. The highest BCUT2D eigenvalue weighted by Gasteiger charge is 2.57. The number of nitrogens with zero attached hydrogens (tertiary/aromatic N) is 1. The van der Waals surface area contributed by atoms with E-state index >= 15 is 0 Å². The molecule has 10 nitrogen and oxygen atoms in total. The van der Waals surface area contributed by atoms with E-state index in [1.54, 1.807) is 0 Å². The number of rotatable bonds is 7. The lowest BCUT2D eigenvalue weighted by Gasteiger charge is -2.45. The Kier molecular flexibility index (Phi) is 5.56. The topological polar surface area (TPSA) is 150 Å². The van der Waals surface area contributed by atoms with Crippen LogP contribution in [0, 0.1) is 5.92 Å². The van der Waals surface area contributed by atoms with Crippen LogP contribution < -0.4 is 5.32 Å². The fourth-order valence-corrected chi connectivity index (χ4v) is 4.21. The second kappa shape index (κ2) is 7.15. The number of amides is 2. The minimum Gasteiger partial charge on any atom is -0.477 e. The van der Waals surface area contributed by atoms with Crippen LogP contribution in [0.3, 0.4) is 0 Å². The summed E-state index contributed by atoms with van der Waals surface area (Å²) in [5, 5.41) is 13.2. The molecule has 3 N–H and O–H groups in total. The maximum absolute atomic E-state index is 12.2. The second-order valence-electron chi connectivity index (χ2n) is 5.43. The summed E-state index contributed by atoms with van der Waals surface area (Å²) in [5.41, 5.74) is -0.178. The van der Waals surface area contributed by atoms with E-state index in [4.69, 9.17) is 4.55 Å². The van der Waals surface area contributed by atoms with Gasteiger partial charge in [-0.05, 0) is 12.3 Å². The Bertz CT molecular complexity index is 773. The lowest BCUT2D eigenvalue weighted by atomic mass is 9.83. The van der Waals surface area contributed by atoms with Gasteiger partial charge in [0.25, 0.3) is 0 Å². The Balaban J connectivity index is 2.14. The highest BCUT2D eigenvalue weighted by atomic mass is 32.3. The van der Waals surface area contributed by atoms with Crippen LogP contribution in [0.15, 0.2) is 22.2 Å². The van der Waals surface area contributed by atoms with Gasteiger partial charge in [-0.15, -0.1) is 0 Å². The van der Waals surface area contributed by atoms with E-state index in [9.17, 15) is 27.9 Å². The largest absolute Gasteiger partial charge is 0.477 e. The van der Waals surface area contributed by atoms with Crippen LogP contribution in [0.5, 0.6) is 0 Å². The Morgan fingerprint density at radius 2 is 2.12 bits per heavy atom. The molecule has 0 bridgehead atoms. The van der Waals surface area contributed by atoms with Crippen molar-refractivity contribution < 1.29 is 36.6 Å². The zero-order valence-corrected chi connectivity index (χ0v) is 14.8. The molecule has 0 aliphatic carbocycles. The summed E-state index contributed by atoms with van der Waals surface area (Å²) < 4.78 is 34.8. The van der Waals surface area contributed by atoms with Gasteiger partial charge in [0.15, 0.2) is 0 Å². The summed E-state index contributed by atoms with van der Waals surface area (Å²) in [6.45, 7) is 2.63. The molecule has 0 aromatic heterocycles. The number of hydrogen-bond acceptors (Lipinski definition) is 7. The third-order valence-electron chi connectivity index (χ3n) is 3.71. The van der Waals surface area contributed by atoms with Gasteiger partial charge >= 0.3 is 16.4 Å². The zero-order valence-electron chi connectivity index (χ0n) is 13.2. The minimum atomic E-state index is -4.72. The van der Waals surface area contributed by atoms with Gasteiger partial charge < -0.3 is 15.3 Å². The molecule has 3 atom stereocenters. The van der Waals surface area contributed by atoms with Gasteiger partial charge in [-0.3, -0.25) is 14.1 Å². The molecule has 1 fully saturated rings. The summed E-state index contributed by atoms with van der Waals surface area (Å²) in [6.07, 6.45) is 0.420. The van der Waals surface area contributed by atoms with Crippen molar-refractivity contribution in [1.29, 1.82) is 0 Å². The van der Waals surface area contributed by atoms with Crippen molar-refractivity contribution >= 4 is 39.9 Å². The van der Waals surface area contributed by atoms with Crippen LogP contribution >= 0.6 is 11.8 Å². The molecule has 0 saturated carbocycles. The van der Waals surface area contributed by atoms with E-state index in [-0.39, 0.29) is 18.0 Å². The molecule has 2 amide bonds. The Hall–Kier alpha value is -1.89. The molecule has 2 aliphatic heterocycles. The number of carbonyl (C=O) groups excluding carboxylic acids is 2. The van der Waals surface area contributed by atoms with Gasteiger partial charge in [0.1, 0.15) is 5.70 Å². The zero-order chi connectivity index (χ0) is 18.9. The first-order chi connectivity index (χ1) is 11.5. The van der Waals surface area contributed by atoms with Gasteiger partial charge in [0.05, 0.1) is 18.1 Å². The normalized spacial score (nSPS) is 24.3. The standard InChI is InChI=1S/C13H16N2O8S2/c1-6(23-25(20,21)22)10-8-5-9(24-4-3-14-7(2)16)11(13(18)19)15(8)12(10)17/h3-4,6,8,10H,5H2,1-2H3,(H,14,16)(H,18,19)(H,20,21,22)/b4-3+/t6-,8+,10-/m0/s1. The predicted molar refractivity (Wildman–Crippen MR) is 86.0 cm³/mol. The number of carboxylic acids is 1. The van der Waals surface area contributed by atoms with Crippen LogP contribution in [0.25, 0.3) is 0 Å². The molecule has 2 rings (SSSR count). The van der Waals surface area contributed by atoms with Crippen molar-refractivity contribution in [3.05, 3.63) is 22.2 Å². The third-order valence-corrected chi connectivity index (χ3v) is 5.18. The molecule has 0 aromatic rings. The van der Waals surface area contributed by atoms with E-state index in [1.165, 1.54) is 25.5 Å². The average molecular weight is 392 g/mol. The van der Waals surface area contributed by atoms with Crippen molar-refractivity contribution in [1.82, 2.24) is 10.2 Å². The minimum absolute atomic E-state index is 0.178. The molecule has 0 aromatic carbocycles. The second-order valence-corrected chi connectivity index (χ2v) is 7.48. The van der Waals surface area contributed by atoms with Crippen molar-refractivity contribution in [3.8, 4) is 0 Å². The van der Waals surface area contributed by atoms with Gasteiger partial charge in [-0.25, -0.2) is 8.98 Å². The van der Waals surface area contributed by atoms with E-state index in [1.807, 2.05) is 0 Å². The van der Waals surface area contributed by atoms with Gasteiger partial charge in [0, 0.05) is 24.4 Å². The molecule has 0 radical (unpaired) electrons. The van der Waals surface area contributed by atoms with E-state index in [0.717, 1.165) is 16.7 Å². The molecule has 1 saturated heterocycles. The molecule has 0 spiro atoms. The van der Waals surface area contributed by atoms with Gasteiger partial charge in [-0.1, -0.05) is 11.8 Å². The first kappa shape index (κ1) is 19.4. The molecule has 2 aliphatic rings. The predicted octanol–water partition coefficient (Wildman–Crippen LogP) is 0.0617. The molecule has 12 heteroatoms. The Morgan fingerprint density at radius 3 is 2.64 bits per heavy atom. The van der Waals surface area contributed by atoms with Gasteiger partial charge in [-0.2, -0.15) is 8.42 Å². The third kappa shape index (κ3) is 4.21. The summed E-state index contributed by atoms with van der Waals surface area (Å²) >= 11 is 1.04. The molecule has 0 unspecified atom stereocenters. The van der Waals surface area contributed by atoms with Crippen LogP contribution in [0.4, 0.5) is 0 Å².